The minimum atomic E-state index is -1.77. The maximum absolute atomic E-state index is 13.4. The van der Waals surface area contributed by atoms with E-state index < -0.39 is 35.2 Å². The number of carbonyl (C=O) groups is 3. The van der Waals surface area contributed by atoms with Crippen LogP contribution < -0.4 is 5.32 Å². The van der Waals surface area contributed by atoms with E-state index in [-0.39, 0.29) is 12.7 Å². The van der Waals surface area contributed by atoms with Gasteiger partial charge in [-0.1, -0.05) is 24.0 Å². The van der Waals surface area contributed by atoms with E-state index in [0.29, 0.717) is 30.8 Å². The molecule has 4 rings (SSSR count). The number of benzene rings is 2. The Morgan fingerprint density at radius 3 is 2.22 bits per heavy atom. The summed E-state index contributed by atoms with van der Waals surface area (Å²) < 4.78 is 22.7. The summed E-state index contributed by atoms with van der Waals surface area (Å²) in [6.07, 6.45) is 1.99. The molecule has 0 bridgehead atoms. The van der Waals surface area contributed by atoms with Crippen molar-refractivity contribution in [3.8, 4) is 11.8 Å². The Hall–Kier alpha value is -3.55. The van der Waals surface area contributed by atoms with E-state index in [1.165, 1.54) is 21.0 Å². The zero-order chi connectivity index (χ0) is 29.6. The van der Waals surface area contributed by atoms with E-state index in [2.05, 4.69) is 17.2 Å². The van der Waals surface area contributed by atoms with Crippen molar-refractivity contribution in [1.82, 2.24) is 10.2 Å². The second kappa shape index (κ2) is 13.0. The van der Waals surface area contributed by atoms with Gasteiger partial charge in [-0.05, 0) is 82.0 Å². The molecule has 3 atom stereocenters. The molecule has 2 unspecified atom stereocenters. The summed E-state index contributed by atoms with van der Waals surface area (Å²) in [7, 11) is 2.86. The lowest BCUT2D eigenvalue weighted by Gasteiger charge is -2.36. The number of Topliss-reactive ketones (excluding diaryl/α,β-unsaturated/α-hetero) is 1. The molecule has 0 aromatic heterocycles. The SMILES string of the molecule is CNC(=O)[C@@](C)(C(=O)COC1CCCCO1)N(C)C(=O)c1ccc(C#Cc2ccc(C3COC(C)(C)O3)cc2)cc1. The highest BCUT2D eigenvalue weighted by Crippen LogP contribution is 2.32. The number of hydrogen-bond acceptors (Lipinski definition) is 7. The highest BCUT2D eigenvalue weighted by atomic mass is 16.7. The van der Waals surface area contributed by atoms with Gasteiger partial charge in [-0.15, -0.1) is 0 Å². The topological polar surface area (TPSA) is 103 Å². The predicted molar refractivity (Wildman–Crippen MR) is 152 cm³/mol. The molecule has 218 valence electrons. The average molecular weight is 563 g/mol. The summed E-state index contributed by atoms with van der Waals surface area (Å²) in [5, 5.41) is 2.50. The fourth-order valence-corrected chi connectivity index (χ4v) is 4.73. The Morgan fingerprint density at radius 1 is 1.05 bits per heavy atom. The van der Waals surface area contributed by atoms with E-state index in [1.54, 1.807) is 24.3 Å². The third-order valence-corrected chi connectivity index (χ3v) is 7.50. The predicted octanol–water partition coefficient (Wildman–Crippen LogP) is 3.60. The Kier molecular flexibility index (Phi) is 9.61. The molecule has 2 saturated heterocycles. The van der Waals surface area contributed by atoms with Crippen LogP contribution in [0.4, 0.5) is 0 Å². The summed E-state index contributed by atoms with van der Waals surface area (Å²) in [5.41, 5.74) is 1.14. The molecule has 2 heterocycles. The van der Waals surface area contributed by atoms with Crippen molar-refractivity contribution in [2.45, 2.75) is 63.8 Å². The van der Waals surface area contributed by atoms with Crippen LogP contribution >= 0.6 is 0 Å². The lowest BCUT2D eigenvalue weighted by molar-refractivity contribution is -0.174. The van der Waals surface area contributed by atoms with Crippen molar-refractivity contribution in [2.24, 2.45) is 0 Å². The van der Waals surface area contributed by atoms with E-state index in [9.17, 15) is 14.4 Å². The highest BCUT2D eigenvalue weighted by Gasteiger charge is 2.46. The molecule has 0 spiro atoms. The van der Waals surface area contributed by atoms with Crippen LogP contribution in [0.15, 0.2) is 48.5 Å². The first-order chi connectivity index (χ1) is 19.5. The number of likely N-dealkylation sites (N-methyl/N-ethyl adjacent to an activating group) is 2. The van der Waals surface area contributed by atoms with Gasteiger partial charge in [0, 0.05) is 37.4 Å². The van der Waals surface area contributed by atoms with Gasteiger partial charge in [-0.2, -0.15) is 0 Å². The maximum Gasteiger partial charge on any atom is 0.254 e. The highest BCUT2D eigenvalue weighted by molar-refractivity contribution is 6.14. The molecule has 1 N–H and O–H groups in total. The molecule has 2 aliphatic rings. The number of ether oxygens (including phenoxy) is 4. The van der Waals surface area contributed by atoms with Gasteiger partial charge in [-0.25, -0.2) is 0 Å². The number of amides is 2. The second-order valence-corrected chi connectivity index (χ2v) is 10.8. The molecule has 2 aromatic carbocycles. The van der Waals surface area contributed by atoms with Crippen LogP contribution in [0.3, 0.4) is 0 Å². The lowest BCUT2D eigenvalue weighted by Crippen LogP contribution is -2.62. The molecule has 2 amide bonds. The number of rotatable bonds is 8. The smallest absolute Gasteiger partial charge is 0.254 e. The van der Waals surface area contributed by atoms with Gasteiger partial charge in [-0.3, -0.25) is 14.4 Å². The van der Waals surface area contributed by atoms with Gasteiger partial charge in [0.05, 0.1) is 6.61 Å². The molecule has 0 aliphatic carbocycles. The minimum Gasteiger partial charge on any atom is -0.357 e. The van der Waals surface area contributed by atoms with Crippen molar-refractivity contribution in [1.29, 1.82) is 0 Å². The molecule has 0 radical (unpaired) electrons. The van der Waals surface area contributed by atoms with E-state index in [0.717, 1.165) is 28.9 Å². The molecule has 9 heteroatoms. The zero-order valence-electron chi connectivity index (χ0n) is 24.3. The van der Waals surface area contributed by atoms with Crippen LogP contribution in [0.25, 0.3) is 0 Å². The first-order valence-corrected chi connectivity index (χ1v) is 13.8. The van der Waals surface area contributed by atoms with Crippen LogP contribution in [0, 0.1) is 11.8 Å². The fraction of sp³-hybridized carbons (Fsp3) is 0.469. The first kappa shape index (κ1) is 30.4. The van der Waals surface area contributed by atoms with Crippen LogP contribution in [-0.2, 0) is 28.5 Å². The van der Waals surface area contributed by atoms with Crippen molar-refractivity contribution < 1.29 is 33.3 Å². The molecule has 41 heavy (non-hydrogen) atoms. The summed E-state index contributed by atoms with van der Waals surface area (Å²) in [6, 6.07) is 14.6. The largest absolute Gasteiger partial charge is 0.357 e. The third-order valence-electron chi connectivity index (χ3n) is 7.50. The van der Waals surface area contributed by atoms with Gasteiger partial charge in [0.2, 0.25) is 0 Å². The van der Waals surface area contributed by atoms with Gasteiger partial charge < -0.3 is 29.2 Å². The molecular formula is C32H38N2O7. The van der Waals surface area contributed by atoms with Crippen molar-refractivity contribution in [2.75, 3.05) is 33.9 Å². The second-order valence-electron chi connectivity index (χ2n) is 10.8. The summed E-state index contributed by atoms with van der Waals surface area (Å²) in [5.74, 6) is 4.04. The van der Waals surface area contributed by atoms with Gasteiger partial charge in [0.25, 0.3) is 11.8 Å². The van der Waals surface area contributed by atoms with Crippen molar-refractivity contribution in [3.05, 3.63) is 70.8 Å². The number of ketones is 1. The summed E-state index contributed by atoms with van der Waals surface area (Å²) in [6.45, 7) is 5.95. The zero-order valence-corrected chi connectivity index (χ0v) is 24.3. The van der Waals surface area contributed by atoms with E-state index >= 15 is 0 Å². The first-order valence-electron chi connectivity index (χ1n) is 13.8. The number of hydrogen-bond donors (Lipinski definition) is 1. The van der Waals surface area contributed by atoms with Gasteiger partial charge in [0.15, 0.2) is 23.4 Å². The molecular weight excluding hydrogens is 524 g/mol. The maximum atomic E-state index is 13.4. The van der Waals surface area contributed by atoms with Crippen LogP contribution in [-0.4, -0.2) is 74.0 Å². The van der Waals surface area contributed by atoms with Crippen molar-refractivity contribution >= 4 is 17.6 Å². The monoisotopic (exact) mass is 562 g/mol. The van der Waals surface area contributed by atoms with E-state index in [4.69, 9.17) is 18.9 Å². The minimum absolute atomic E-state index is 0.103. The molecule has 2 aromatic rings. The summed E-state index contributed by atoms with van der Waals surface area (Å²) in [4.78, 5) is 40.6. The molecule has 2 aliphatic heterocycles. The number of carbonyl (C=O) groups excluding carboxylic acids is 3. The van der Waals surface area contributed by atoms with E-state index in [1.807, 2.05) is 38.1 Å². The summed E-state index contributed by atoms with van der Waals surface area (Å²) >= 11 is 0. The number of nitrogens with zero attached hydrogens (tertiary/aromatic N) is 1. The molecule has 2 fully saturated rings. The Morgan fingerprint density at radius 2 is 1.68 bits per heavy atom. The van der Waals surface area contributed by atoms with Gasteiger partial charge in [0.1, 0.15) is 12.7 Å². The Bertz CT molecular complexity index is 1300. The average Bonchev–Trinajstić information content (AvgIpc) is 3.37. The van der Waals surface area contributed by atoms with Crippen LogP contribution in [0.2, 0.25) is 0 Å². The molecule has 9 nitrogen and oxygen atoms in total. The third kappa shape index (κ3) is 7.21. The molecule has 0 saturated carbocycles. The van der Waals surface area contributed by atoms with Crippen molar-refractivity contribution in [3.63, 3.8) is 0 Å². The lowest BCUT2D eigenvalue weighted by atomic mass is 9.92. The Labute approximate surface area is 241 Å². The normalized spacial score (nSPS) is 21.2. The Balaban J connectivity index is 1.41. The standard InChI is InChI=1S/C32H38N2O7/c1-31(2)40-20-26(41-31)24-15-11-22(12-16-24)9-10-23-13-17-25(18-14-23)29(36)34(5)32(3,30(37)33-4)27(35)21-39-28-8-6-7-19-38-28/h11-18,26,28H,6-8,19-21H2,1-5H3,(H,33,37)/t26?,28?,32-/m1/s1. The number of nitrogens with one attached hydrogen (secondary N) is 1. The fourth-order valence-electron chi connectivity index (χ4n) is 4.73. The van der Waals surface area contributed by atoms with Crippen LogP contribution in [0.5, 0.6) is 0 Å². The van der Waals surface area contributed by atoms with Gasteiger partial charge >= 0.3 is 0 Å². The van der Waals surface area contributed by atoms with Crippen LogP contribution in [0.1, 0.15) is 73.2 Å². The quantitative estimate of drug-likeness (QED) is 0.387.